The van der Waals surface area contributed by atoms with Crippen molar-refractivity contribution in [2.45, 2.75) is 26.7 Å². The zero-order chi connectivity index (χ0) is 18.0. The Bertz CT molecular complexity index is 783. The first-order valence-electron chi connectivity index (χ1n) is 8.29. The van der Waals surface area contributed by atoms with E-state index in [0.29, 0.717) is 24.6 Å². The molecule has 0 spiro atoms. The largest absolute Gasteiger partial charge is 0.351 e. The number of rotatable bonds is 3. The number of primary amides is 1. The summed E-state index contributed by atoms with van der Waals surface area (Å²) in [4.78, 5) is 29.6. The molecular formula is C17H22N6O2. The van der Waals surface area contributed by atoms with E-state index in [4.69, 9.17) is 5.73 Å². The van der Waals surface area contributed by atoms with Gasteiger partial charge in [0.05, 0.1) is 23.5 Å². The van der Waals surface area contributed by atoms with Crippen LogP contribution >= 0.6 is 0 Å². The van der Waals surface area contributed by atoms with Gasteiger partial charge in [0.15, 0.2) is 5.82 Å². The molecule has 1 fully saturated rings. The minimum absolute atomic E-state index is 0.119. The van der Waals surface area contributed by atoms with Gasteiger partial charge in [0.25, 0.3) is 0 Å². The maximum Gasteiger partial charge on any atom is 0.314 e. The summed E-state index contributed by atoms with van der Waals surface area (Å²) < 4.78 is 1.76. The zero-order valence-corrected chi connectivity index (χ0v) is 14.4. The lowest BCUT2D eigenvalue weighted by Gasteiger charge is -2.30. The van der Waals surface area contributed by atoms with Gasteiger partial charge in [-0.25, -0.2) is 14.5 Å². The molecule has 8 heteroatoms. The van der Waals surface area contributed by atoms with E-state index in [1.54, 1.807) is 16.9 Å². The van der Waals surface area contributed by atoms with E-state index < -0.39 is 6.03 Å². The highest BCUT2D eigenvalue weighted by Crippen LogP contribution is 2.19. The molecule has 1 aliphatic heterocycles. The normalized spacial score (nSPS) is 17.4. The minimum Gasteiger partial charge on any atom is -0.351 e. The van der Waals surface area contributed by atoms with Crippen molar-refractivity contribution in [1.82, 2.24) is 19.7 Å². The third-order valence-electron chi connectivity index (χ3n) is 4.35. The average molecular weight is 342 g/mol. The molecule has 25 heavy (non-hydrogen) atoms. The van der Waals surface area contributed by atoms with E-state index in [0.717, 1.165) is 24.2 Å². The van der Waals surface area contributed by atoms with Crippen molar-refractivity contribution in [1.29, 1.82) is 0 Å². The van der Waals surface area contributed by atoms with Gasteiger partial charge in [0.1, 0.15) is 0 Å². The fourth-order valence-corrected chi connectivity index (χ4v) is 3.08. The van der Waals surface area contributed by atoms with Crippen LogP contribution in [0.5, 0.6) is 0 Å². The summed E-state index contributed by atoms with van der Waals surface area (Å²) in [6.07, 6.45) is 3.13. The molecule has 8 nitrogen and oxygen atoms in total. The van der Waals surface area contributed by atoms with E-state index in [2.05, 4.69) is 15.4 Å². The van der Waals surface area contributed by atoms with Crippen LogP contribution < -0.4 is 11.1 Å². The summed E-state index contributed by atoms with van der Waals surface area (Å²) in [6, 6.07) is 5.11. The molecule has 3 N–H and O–H groups in total. The number of carbonyl (C=O) groups excluding carboxylic acids is 2. The summed E-state index contributed by atoms with van der Waals surface area (Å²) in [6.45, 7) is 4.86. The Morgan fingerprint density at radius 2 is 2.12 bits per heavy atom. The second-order valence-corrected chi connectivity index (χ2v) is 6.36. The maximum atomic E-state index is 12.4. The van der Waals surface area contributed by atoms with Gasteiger partial charge < -0.3 is 16.0 Å². The Labute approximate surface area is 146 Å². The summed E-state index contributed by atoms with van der Waals surface area (Å²) in [5, 5.41) is 7.25. The van der Waals surface area contributed by atoms with Gasteiger partial charge in [0.2, 0.25) is 5.91 Å². The number of hydrogen-bond acceptors (Lipinski definition) is 4. The van der Waals surface area contributed by atoms with Gasteiger partial charge in [0, 0.05) is 18.8 Å². The van der Waals surface area contributed by atoms with Crippen molar-refractivity contribution >= 4 is 17.6 Å². The topological polar surface area (TPSA) is 106 Å². The number of piperidine rings is 1. The van der Waals surface area contributed by atoms with Gasteiger partial charge >= 0.3 is 6.03 Å². The fraction of sp³-hybridized carbons (Fsp3) is 0.412. The molecular weight excluding hydrogens is 320 g/mol. The first-order valence-corrected chi connectivity index (χ1v) is 8.29. The number of amides is 3. The number of aryl methyl sites for hydroxylation is 2. The lowest BCUT2D eigenvalue weighted by Crippen LogP contribution is -2.46. The molecule has 1 aliphatic rings. The van der Waals surface area contributed by atoms with Gasteiger partial charge in [-0.05, 0) is 44.9 Å². The predicted molar refractivity (Wildman–Crippen MR) is 93.3 cm³/mol. The van der Waals surface area contributed by atoms with Crippen molar-refractivity contribution in [2.75, 3.05) is 18.4 Å². The molecule has 0 radical (unpaired) electrons. The van der Waals surface area contributed by atoms with Crippen LogP contribution in [0, 0.1) is 19.8 Å². The third kappa shape index (κ3) is 3.78. The number of likely N-dealkylation sites (tertiary alicyclic amines) is 1. The molecule has 132 valence electrons. The highest BCUT2D eigenvalue weighted by Gasteiger charge is 2.27. The van der Waals surface area contributed by atoms with E-state index >= 15 is 0 Å². The second-order valence-electron chi connectivity index (χ2n) is 6.36. The standard InChI is InChI=1S/C17H22N6O2/c1-11-8-12(2)23(21-11)15-6-5-14(9-19-15)20-16(24)13-4-3-7-22(10-13)17(18)25/h5-6,8-9,13H,3-4,7,10H2,1-2H3,(H2,18,25)(H,20,24)/t13-/m1/s1. The number of nitrogens with one attached hydrogen (secondary N) is 1. The molecule has 3 amide bonds. The Morgan fingerprint density at radius 1 is 1.32 bits per heavy atom. The molecule has 0 bridgehead atoms. The van der Waals surface area contributed by atoms with Crippen molar-refractivity contribution in [3.05, 3.63) is 35.8 Å². The van der Waals surface area contributed by atoms with E-state index in [9.17, 15) is 9.59 Å². The first kappa shape index (κ1) is 16.9. The Hall–Kier alpha value is -2.90. The molecule has 0 aliphatic carbocycles. The van der Waals surface area contributed by atoms with Crippen LogP contribution in [0.25, 0.3) is 5.82 Å². The van der Waals surface area contributed by atoms with Gasteiger partial charge in [-0.3, -0.25) is 4.79 Å². The predicted octanol–water partition coefficient (Wildman–Crippen LogP) is 1.61. The number of hydrogen-bond donors (Lipinski definition) is 2. The molecule has 1 atom stereocenters. The smallest absolute Gasteiger partial charge is 0.314 e. The highest BCUT2D eigenvalue weighted by atomic mass is 16.2. The lowest BCUT2D eigenvalue weighted by molar-refractivity contribution is -0.121. The molecule has 3 rings (SSSR count). The molecule has 2 aromatic heterocycles. The van der Waals surface area contributed by atoms with Crippen LogP contribution in [0.4, 0.5) is 10.5 Å². The van der Waals surface area contributed by atoms with Crippen LogP contribution in [-0.2, 0) is 4.79 Å². The van der Waals surface area contributed by atoms with Gasteiger partial charge in [-0.2, -0.15) is 5.10 Å². The van der Waals surface area contributed by atoms with Crippen molar-refractivity contribution in [3.63, 3.8) is 0 Å². The number of nitrogens with zero attached hydrogens (tertiary/aromatic N) is 4. The minimum atomic E-state index is -0.478. The van der Waals surface area contributed by atoms with Crippen LogP contribution in [0.2, 0.25) is 0 Å². The number of nitrogens with two attached hydrogens (primary N) is 1. The van der Waals surface area contributed by atoms with Gasteiger partial charge in [-0.15, -0.1) is 0 Å². The molecule has 2 aromatic rings. The quantitative estimate of drug-likeness (QED) is 0.884. The molecule has 0 aromatic carbocycles. The average Bonchev–Trinajstić information content (AvgIpc) is 2.94. The number of urea groups is 1. The molecule has 3 heterocycles. The Morgan fingerprint density at radius 3 is 2.72 bits per heavy atom. The number of aromatic nitrogens is 3. The maximum absolute atomic E-state index is 12.4. The van der Waals surface area contributed by atoms with Crippen LogP contribution in [0.1, 0.15) is 24.2 Å². The number of carbonyl (C=O) groups is 2. The van der Waals surface area contributed by atoms with E-state index in [1.165, 1.54) is 4.90 Å². The molecule has 0 saturated carbocycles. The molecule has 0 unspecified atom stereocenters. The van der Waals surface area contributed by atoms with Crippen molar-refractivity contribution in [3.8, 4) is 5.82 Å². The van der Waals surface area contributed by atoms with E-state index in [-0.39, 0.29) is 11.8 Å². The van der Waals surface area contributed by atoms with Crippen molar-refractivity contribution < 1.29 is 9.59 Å². The number of anilines is 1. The van der Waals surface area contributed by atoms with Crippen LogP contribution in [0.3, 0.4) is 0 Å². The summed E-state index contributed by atoms with van der Waals surface area (Å²) in [5.41, 5.74) is 7.84. The lowest BCUT2D eigenvalue weighted by atomic mass is 9.97. The third-order valence-corrected chi connectivity index (χ3v) is 4.35. The second kappa shape index (κ2) is 6.92. The molecule has 1 saturated heterocycles. The number of pyridine rings is 1. The Balaban J connectivity index is 1.66. The SMILES string of the molecule is Cc1cc(C)n(-c2ccc(NC(=O)[C@@H]3CCCN(C(N)=O)C3)cn2)n1. The zero-order valence-electron chi connectivity index (χ0n) is 14.4. The summed E-state index contributed by atoms with van der Waals surface area (Å²) in [7, 11) is 0. The first-order chi connectivity index (χ1) is 11.9. The van der Waals surface area contributed by atoms with Crippen LogP contribution in [-0.4, -0.2) is 44.7 Å². The fourth-order valence-electron chi connectivity index (χ4n) is 3.08. The highest BCUT2D eigenvalue weighted by molar-refractivity contribution is 5.93. The summed E-state index contributed by atoms with van der Waals surface area (Å²) >= 11 is 0. The summed E-state index contributed by atoms with van der Waals surface area (Å²) in [5.74, 6) is 0.324. The monoisotopic (exact) mass is 342 g/mol. The van der Waals surface area contributed by atoms with Gasteiger partial charge in [-0.1, -0.05) is 0 Å². The van der Waals surface area contributed by atoms with Crippen LogP contribution in [0.15, 0.2) is 24.4 Å². The Kier molecular flexibility index (Phi) is 4.69. The van der Waals surface area contributed by atoms with E-state index in [1.807, 2.05) is 26.0 Å². The van der Waals surface area contributed by atoms with Crippen molar-refractivity contribution in [2.24, 2.45) is 11.7 Å².